The summed E-state index contributed by atoms with van der Waals surface area (Å²) in [5, 5.41) is 15.5. The van der Waals surface area contributed by atoms with Gasteiger partial charge in [0.05, 0.1) is 36.0 Å². The quantitative estimate of drug-likeness (QED) is 0.789. The molecule has 1 aliphatic rings. The number of morpholine rings is 1. The molecule has 0 unspecified atom stereocenters. The summed E-state index contributed by atoms with van der Waals surface area (Å²) >= 11 is 0. The lowest BCUT2D eigenvalue weighted by atomic mass is 10.4. The van der Waals surface area contributed by atoms with E-state index in [1.54, 1.807) is 17.0 Å². The van der Waals surface area contributed by atoms with Crippen LogP contribution in [0.4, 0.5) is 5.95 Å². The minimum atomic E-state index is 0.127. The first-order valence-electron chi connectivity index (χ1n) is 8.08. The van der Waals surface area contributed by atoms with Gasteiger partial charge in [0.1, 0.15) is 0 Å². The fraction of sp³-hybridized carbons (Fsp3) is 0.438. The van der Waals surface area contributed by atoms with E-state index in [2.05, 4.69) is 33.8 Å². The van der Waals surface area contributed by atoms with Crippen molar-refractivity contribution in [3.8, 4) is 11.6 Å². The van der Waals surface area contributed by atoms with E-state index in [1.807, 2.05) is 17.1 Å². The fourth-order valence-corrected chi connectivity index (χ4v) is 2.82. The number of nitrogens with zero attached hydrogens (tertiary/aromatic N) is 6. The van der Waals surface area contributed by atoms with Crippen molar-refractivity contribution >= 4 is 16.9 Å². The van der Waals surface area contributed by atoms with E-state index in [1.165, 1.54) is 0 Å². The summed E-state index contributed by atoms with van der Waals surface area (Å²) in [4.78, 5) is 11.1. The zero-order chi connectivity index (χ0) is 16.7. The molecule has 0 bridgehead atoms. The number of aromatic nitrogens is 5. The minimum absolute atomic E-state index is 0.127. The van der Waals surface area contributed by atoms with Crippen molar-refractivity contribution in [1.29, 1.82) is 0 Å². The van der Waals surface area contributed by atoms with Gasteiger partial charge in [-0.05, 0) is 13.8 Å². The van der Waals surface area contributed by atoms with E-state index < -0.39 is 0 Å². The van der Waals surface area contributed by atoms with Gasteiger partial charge in [-0.25, -0.2) is 9.97 Å². The zero-order valence-corrected chi connectivity index (χ0v) is 13.8. The topological polar surface area (TPSA) is 81.2 Å². The summed E-state index contributed by atoms with van der Waals surface area (Å²) in [5.41, 5.74) is 1.51. The SMILES string of the molecule is CC(C)n1cc(-n2cc3nc(N4CCOCC4)ncc3c2O)cn1. The van der Waals surface area contributed by atoms with Crippen LogP contribution in [0.15, 0.2) is 24.8 Å². The molecule has 4 rings (SSSR count). The highest BCUT2D eigenvalue weighted by molar-refractivity contribution is 5.85. The van der Waals surface area contributed by atoms with Crippen LogP contribution in [0.5, 0.6) is 5.88 Å². The second-order valence-electron chi connectivity index (χ2n) is 6.16. The van der Waals surface area contributed by atoms with Crippen molar-refractivity contribution in [2.45, 2.75) is 19.9 Å². The molecule has 0 saturated carbocycles. The van der Waals surface area contributed by atoms with Crippen LogP contribution in [0.3, 0.4) is 0 Å². The smallest absolute Gasteiger partial charge is 0.226 e. The Bertz CT molecular complexity index is 863. The van der Waals surface area contributed by atoms with Gasteiger partial charge in [-0.1, -0.05) is 0 Å². The van der Waals surface area contributed by atoms with Gasteiger partial charge in [0, 0.05) is 37.7 Å². The van der Waals surface area contributed by atoms with Crippen molar-refractivity contribution in [3.63, 3.8) is 0 Å². The van der Waals surface area contributed by atoms with Crippen LogP contribution in [0, 0.1) is 0 Å². The van der Waals surface area contributed by atoms with Gasteiger partial charge in [0.15, 0.2) is 0 Å². The van der Waals surface area contributed by atoms with Crippen molar-refractivity contribution in [2.24, 2.45) is 0 Å². The molecule has 3 aromatic rings. The van der Waals surface area contributed by atoms with Crippen LogP contribution < -0.4 is 4.90 Å². The lowest BCUT2D eigenvalue weighted by Crippen LogP contribution is -2.37. The third-order valence-electron chi connectivity index (χ3n) is 4.22. The van der Waals surface area contributed by atoms with Gasteiger partial charge < -0.3 is 14.7 Å². The third-order valence-corrected chi connectivity index (χ3v) is 4.22. The monoisotopic (exact) mass is 328 g/mol. The van der Waals surface area contributed by atoms with Crippen molar-refractivity contribution in [1.82, 2.24) is 24.3 Å². The maximum absolute atomic E-state index is 10.5. The molecule has 3 aromatic heterocycles. The van der Waals surface area contributed by atoms with Crippen LogP contribution >= 0.6 is 0 Å². The Hall–Kier alpha value is -2.61. The van der Waals surface area contributed by atoms with Crippen molar-refractivity contribution in [2.75, 3.05) is 31.2 Å². The van der Waals surface area contributed by atoms with E-state index in [-0.39, 0.29) is 11.9 Å². The molecule has 1 saturated heterocycles. The van der Waals surface area contributed by atoms with Crippen molar-refractivity contribution in [3.05, 3.63) is 24.8 Å². The molecular weight excluding hydrogens is 308 g/mol. The highest BCUT2D eigenvalue weighted by Crippen LogP contribution is 2.29. The summed E-state index contributed by atoms with van der Waals surface area (Å²) in [5.74, 6) is 0.794. The number of rotatable bonds is 3. The van der Waals surface area contributed by atoms with E-state index >= 15 is 0 Å². The van der Waals surface area contributed by atoms with Gasteiger partial charge in [0.2, 0.25) is 11.8 Å². The van der Waals surface area contributed by atoms with E-state index in [0.717, 1.165) is 18.8 Å². The molecule has 0 aliphatic carbocycles. The molecule has 0 amide bonds. The number of fused-ring (bicyclic) bond motifs is 1. The van der Waals surface area contributed by atoms with Crippen molar-refractivity contribution < 1.29 is 9.84 Å². The molecule has 1 N–H and O–H groups in total. The predicted molar refractivity (Wildman–Crippen MR) is 89.7 cm³/mol. The van der Waals surface area contributed by atoms with E-state index in [4.69, 9.17) is 4.74 Å². The lowest BCUT2D eigenvalue weighted by molar-refractivity contribution is 0.122. The molecule has 0 atom stereocenters. The summed E-state index contributed by atoms with van der Waals surface area (Å²) < 4.78 is 8.90. The van der Waals surface area contributed by atoms with Gasteiger partial charge >= 0.3 is 0 Å². The van der Waals surface area contributed by atoms with Crippen LogP contribution in [0.1, 0.15) is 19.9 Å². The normalized spacial score (nSPS) is 15.5. The average molecular weight is 328 g/mol. The van der Waals surface area contributed by atoms with Gasteiger partial charge in [-0.15, -0.1) is 0 Å². The Kier molecular flexibility index (Phi) is 3.61. The molecular formula is C16H20N6O2. The first kappa shape index (κ1) is 14.9. The summed E-state index contributed by atoms with van der Waals surface area (Å²) in [7, 11) is 0. The molecule has 0 spiro atoms. The number of aromatic hydroxyl groups is 1. The Balaban J connectivity index is 1.73. The number of hydrogen-bond acceptors (Lipinski definition) is 6. The van der Waals surface area contributed by atoms with E-state index in [0.29, 0.717) is 30.1 Å². The highest BCUT2D eigenvalue weighted by atomic mass is 16.5. The third kappa shape index (κ3) is 2.48. The summed E-state index contributed by atoms with van der Waals surface area (Å²) in [6.45, 7) is 7.04. The Morgan fingerprint density at radius 1 is 1.17 bits per heavy atom. The molecule has 24 heavy (non-hydrogen) atoms. The van der Waals surface area contributed by atoms with Gasteiger partial charge in [-0.2, -0.15) is 5.10 Å². The molecule has 126 valence electrons. The minimum Gasteiger partial charge on any atom is -0.494 e. The van der Waals surface area contributed by atoms with Crippen LogP contribution in [0.2, 0.25) is 0 Å². The lowest BCUT2D eigenvalue weighted by Gasteiger charge is -2.26. The maximum Gasteiger partial charge on any atom is 0.226 e. The molecule has 1 aliphatic heterocycles. The number of anilines is 1. The van der Waals surface area contributed by atoms with Crippen LogP contribution in [-0.4, -0.2) is 55.7 Å². The number of hydrogen-bond donors (Lipinski definition) is 1. The zero-order valence-electron chi connectivity index (χ0n) is 13.8. The van der Waals surface area contributed by atoms with Crippen LogP contribution in [0.25, 0.3) is 16.6 Å². The van der Waals surface area contributed by atoms with Crippen LogP contribution in [-0.2, 0) is 4.74 Å². The second kappa shape index (κ2) is 5.79. The maximum atomic E-state index is 10.5. The Morgan fingerprint density at radius 3 is 2.67 bits per heavy atom. The largest absolute Gasteiger partial charge is 0.494 e. The predicted octanol–water partition coefficient (Wildman–Crippen LogP) is 1.74. The molecule has 1 fully saturated rings. The summed E-state index contributed by atoms with van der Waals surface area (Å²) in [6, 6.07) is 0.263. The molecule has 4 heterocycles. The molecule has 0 aromatic carbocycles. The Morgan fingerprint density at radius 2 is 1.96 bits per heavy atom. The highest BCUT2D eigenvalue weighted by Gasteiger charge is 2.18. The first-order valence-corrected chi connectivity index (χ1v) is 8.08. The second-order valence-corrected chi connectivity index (χ2v) is 6.16. The first-order chi connectivity index (χ1) is 11.6. The van der Waals surface area contributed by atoms with Gasteiger partial charge in [0.25, 0.3) is 0 Å². The standard InChI is InChI=1S/C16H20N6O2/c1-11(2)22-9-12(7-18-22)21-10-14-13(15(21)23)8-17-16(19-14)20-3-5-24-6-4-20/h7-11,23H,3-6H2,1-2H3. The summed E-state index contributed by atoms with van der Waals surface area (Å²) in [6.07, 6.45) is 7.12. The number of ether oxygens (including phenoxy) is 1. The van der Waals surface area contributed by atoms with E-state index in [9.17, 15) is 5.11 Å². The van der Waals surface area contributed by atoms with Gasteiger partial charge in [-0.3, -0.25) is 9.25 Å². The molecule has 0 radical (unpaired) electrons. The Labute approximate surface area is 139 Å². The molecule has 8 heteroatoms. The molecule has 8 nitrogen and oxygen atoms in total. The average Bonchev–Trinajstić information content (AvgIpc) is 3.21. The fourth-order valence-electron chi connectivity index (χ4n) is 2.82.